The van der Waals surface area contributed by atoms with Gasteiger partial charge in [-0.15, -0.1) is 0 Å². The largest absolute Gasteiger partial charge is 0.452 e. The van der Waals surface area contributed by atoms with Gasteiger partial charge in [-0.3, -0.25) is 9.59 Å². The lowest BCUT2D eigenvalue weighted by Crippen LogP contribution is -2.44. The summed E-state index contributed by atoms with van der Waals surface area (Å²) in [6.45, 7) is 1.82. The van der Waals surface area contributed by atoms with Gasteiger partial charge in [-0.25, -0.2) is 16.8 Å². The molecule has 166 valence electrons. The minimum Gasteiger partial charge on any atom is -0.452 e. The van der Waals surface area contributed by atoms with E-state index in [1.54, 1.807) is 18.2 Å². The minimum absolute atomic E-state index is 0.0383. The highest BCUT2D eigenvalue weighted by Crippen LogP contribution is 2.25. The Morgan fingerprint density at radius 3 is 2.33 bits per heavy atom. The van der Waals surface area contributed by atoms with Crippen LogP contribution in [0.4, 0.5) is 0 Å². The zero-order valence-corrected chi connectivity index (χ0v) is 18.3. The second kappa shape index (κ2) is 9.03. The van der Waals surface area contributed by atoms with Gasteiger partial charge in [0.15, 0.2) is 15.9 Å². The highest BCUT2D eigenvalue weighted by molar-refractivity contribution is 7.91. The van der Waals surface area contributed by atoms with E-state index in [0.29, 0.717) is 19.3 Å². The highest BCUT2D eigenvalue weighted by atomic mass is 32.2. The molecule has 2 aliphatic heterocycles. The lowest BCUT2D eigenvalue weighted by Gasteiger charge is -2.30. The summed E-state index contributed by atoms with van der Waals surface area (Å²) < 4.78 is 54.9. The Kier molecular flexibility index (Phi) is 6.83. The first-order valence-electron chi connectivity index (χ1n) is 9.85. The van der Waals surface area contributed by atoms with Crippen LogP contribution in [0.5, 0.6) is 0 Å². The fourth-order valence-corrected chi connectivity index (χ4v) is 6.79. The predicted molar refractivity (Wildman–Crippen MR) is 109 cm³/mol. The normalized spacial score (nSPS) is 23.6. The Morgan fingerprint density at radius 2 is 1.77 bits per heavy atom. The van der Waals surface area contributed by atoms with Crippen LogP contribution in [0.3, 0.4) is 0 Å². The number of carbonyl (C=O) groups is 2. The molecule has 1 N–H and O–H groups in total. The fourth-order valence-electron chi connectivity index (χ4n) is 3.62. The van der Waals surface area contributed by atoms with E-state index in [1.807, 2.05) is 0 Å². The number of piperidine rings is 1. The quantitative estimate of drug-likeness (QED) is 0.608. The molecule has 11 heteroatoms. The fraction of sp³-hybridized carbons (Fsp3) is 0.579. The van der Waals surface area contributed by atoms with Crippen molar-refractivity contribution in [1.29, 1.82) is 0 Å². The molecule has 0 aliphatic carbocycles. The van der Waals surface area contributed by atoms with Crippen LogP contribution < -0.4 is 5.32 Å². The van der Waals surface area contributed by atoms with Crippen molar-refractivity contribution in [3.05, 3.63) is 30.3 Å². The van der Waals surface area contributed by atoms with E-state index < -0.39 is 49.8 Å². The number of benzene rings is 1. The summed E-state index contributed by atoms with van der Waals surface area (Å²) in [7, 11) is -6.72. The van der Waals surface area contributed by atoms with Crippen molar-refractivity contribution < 1.29 is 31.2 Å². The Balaban J connectivity index is 1.48. The van der Waals surface area contributed by atoms with Gasteiger partial charge < -0.3 is 10.1 Å². The third-order valence-electron chi connectivity index (χ3n) is 5.41. The van der Waals surface area contributed by atoms with Crippen molar-refractivity contribution in [2.24, 2.45) is 5.92 Å². The summed E-state index contributed by atoms with van der Waals surface area (Å²) in [4.78, 5) is 24.8. The maximum atomic E-state index is 12.7. The topological polar surface area (TPSA) is 127 Å². The van der Waals surface area contributed by atoms with Gasteiger partial charge >= 0.3 is 5.97 Å². The molecule has 2 saturated heterocycles. The van der Waals surface area contributed by atoms with Crippen LogP contribution in [-0.4, -0.2) is 69.8 Å². The molecule has 1 aromatic carbocycles. The lowest BCUT2D eigenvalue weighted by atomic mass is 9.98. The molecule has 0 aromatic heterocycles. The van der Waals surface area contributed by atoms with E-state index in [0.717, 1.165) is 0 Å². The van der Waals surface area contributed by atoms with Crippen molar-refractivity contribution >= 4 is 31.7 Å². The molecule has 2 atom stereocenters. The monoisotopic (exact) mass is 458 g/mol. The van der Waals surface area contributed by atoms with Crippen LogP contribution in [0.15, 0.2) is 35.2 Å². The number of nitrogens with one attached hydrogen (secondary N) is 1. The molecule has 2 fully saturated rings. The molecule has 0 spiro atoms. The summed E-state index contributed by atoms with van der Waals surface area (Å²) >= 11 is 0. The molecule has 1 aromatic rings. The van der Waals surface area contributed by atoms with E-state index >= 15 is 0 Å². The Labute approximate surface area is 176 Å². The van der Waals surface area contributed by atoms with Gasteiger partial charge in [0, 0.05) is 19.1 Å². The molecule has 1 amide bonds. The second-order valence-corrected chi connectivity index (χ2v) is 11.8. The summed E-state index contributed by atoms with van der Waals surface area (Å²) in [6.07, 6.45) is -0.0876. The van der Waals surface area contributed by atoms with Crippen molar-refractivity contribution in [3.8, 4) is 0 Å². The van der Waals surface area contributed by atoms with Gasteiger partial charge in [-0.1, -0.05) is 18.2 Å². The maximum Gasteiger partial charge on any atom is 0.309 e. The number of hydrogen-bond donors (Lipinski definition) is 1. The number of esters is 1. The molecular formula is C19H26N2O7S2. The standard InChI is InChI=1S/C19H26N2O7S2/c1-14(18(22)20-16-9-12-29(24,25)13-16)28-19(23)15-7-10-21(11-8-15)30(26,27)17-5-3-2-4-6-17/h2-6,14-16H,7-13H2,1H3,(H,20,22)/t14-,16+/m1/s1. The SMILES string of the molecule is C[C@@H](OC(=O)C1CCN(S(=O)(=O)c2ccccc2)CC1)C(=O)N[C@H]1CCS(=O)(=O)C1. The average molecular weight is 459 g/mol. The van der Waals surface area contributed by atoms with Gasteiger partial charge in [0.2, 0.25) is 10.0 Å². The number of carbonyl (C=O) groups excluding carboxylic acids is 2. The van der Waals surface area contributed by atoms with Crippen molar-refractivity contribution in [3.63, 3.8) is 0 Å². The predicted octanol–water partition coefficient (Wildman–Crippen LogP) is 0.322. The number of sulfonamides is 1. The molecule has 0 unspecified atom stereocenters. The smallest absolute Gasteiger partial charge is 0.309 e. The average Bonchev–Trinajstić information content (AvgIpc) is 3.06. The van der Waals surface area contributed by atoms with Crippen molar-refractivity contribution in [2.75, 3.05) is 24.6 Å². The second-order valence-electron chi connectivity index (χ2n) is 7.68. The molecule has 3 rings (SSSR count). The molecule has 9 nitrogen and oxygen atoms in total. The number of ether oxygens (including phenoxy) is 1. The molecule has 30 heavy (non-hydrogen) atoms. The Hall–Kier alpha value is -1.98. The lowest BCUT2D eigenvalue weighted by molar-refractivity contribution is -0.160. The zero-order chi connectivity index (χ0) is 21.9. The first-order chi connectivity index (χ1) is 14.1. The van der Waals surface area contributed by atoms with Crippen LogP contribution in [0.25, 0.3) is 0 Å². The van der Waals surface area contributed by atoms with E-state index in [-0.39, 0.29) is 29.5 Å². The number of nitrogens with zero attached hydrogens (tertiary/aromatic N) is 1. The molecular weight excluding hydrogens is 432 g/mol. The number of rotatable bonds is 6. The van der Waals surface area contributed by atoms with Gasteiger partial charge in [-0.2, -0.15) is 4.31 Å². The Morgan fingerprint density at radius 1 is 1.13 bits per heavy atom. The Bertz CT molecular complexity index is 985. The first kappa shape index (κ1) is 22.7. The first-order valence-corrected chi connectivity index (χ1v) is 13.1. The molecule has 0 radical (unpaired) electrons. The molecule has 2 heterocycles. The zero-order valence-electron chi connectivity index (χ0n) is 16.7. The highest BCUT2D eigenvalue weighted by Gasteiger charge is 2.35. The molecule has 2 aliphatic rings. The number of sulfone groups is 1. The third kappa shape index (κ3) is 5.38. The summed E-state index contributed by atoms with van der Waals surface area (Å²) in [5, 5.41) is 2.60. The van der Waals surface area contributed by atoms with Crippen molar-refractivity contribution in [2.45, 2.75) is 43.2 Å². The molecule has 0 saturated carbocycles. The van der Waals surface area contributed by atoms with Crippen LogP contribution in [0, 0.1) is 5.92 Å². The minimum atomic E-state index is -3.60. The van der Waals surface area contributed by atoms with Crippen LogP contribution in [0.2, 0.25) is 0 Å². The maximum absolute atomic E-state index is 12.7. The van der Waals surface area contributed by atoms with Crippen molar-refractivity contribution in [1.82, 2.24) is 9.62 Å². The van der Waals surface area contributed by atoms with Gasteiger partial charge in [0.1, 0.15) is 0 Å². The van der Waals surface area contributed by atoms with Gasteiger partial charge in [0.25, 0.3) is 5.91 Å². The van der Waals surface area contributed by atoms with E-state index in [1.165, 1.54) is 23.4 Å². The van der Waals surface area contributed by atoms with Crippen LogP contribution in [-0.2, 0) is 34.2 Å². The number of hydrogen-bond acceptors (Lipinski definition) is 7. The van der Waals surface area contributed by atoms with E-state index in [2.05, 4.69) is 5.32 Å². The van der Waals surface area contributed by atoms with E-state index in [9.17, 15) is 26.4 Å². The van der Waals surface area contributed by atoms with Gasteiger partial charge in [0.05, 0.1) is 22.3 Å². The van der Waals surface area contributed by atoms with E-state index in [4.69, 9.17) is 4.74 Å². The third-order valence-corrected chi connectivity index (χ3v) is 9.09. The molecule has 0 bridgehead atoms. The summed E-state index contributed by atoms with van der Waals surface area (Å²) in [5.41, 5.74) is 0. The summed E-state index contributed by atoms with van der Waals surface area (Å²) in [6, 6.07) is 7.66. The van der Waals surface area contributed by atoms with Crippen LogP contribution >= 0.6 is 0 Å². The van der Waals surface area contributed by atoms with Crippen LogP contribution in [0.1, 0.15) is 26.2 Å². The number of amides is 1. The summed E-state index contributed by atoms with van der Waals surface area (Å²) in [5.74, 6) is -1.64. The van der Waals surface area contributed by atoms with Gasteiger partial charge in [-0.05, 0) is 38.3 Å².